The van der Waals surface area contributed by atoms with Crippen molar-refractivity contribution in [2.24, 2.45) is 11.8 Å². The van der Waals surface area contributed by atoms with Gasteiger partial charge in [0.05, 0.1) is 21.5 Å². The van der Waals surface area contributed by atoms with Gasteiger partial charge in [-0.1, -0.05) is 0 Å². The van der Waals surface area contributed by atoms with Gasteiger partial charge < -0.3 is 0 Å². The Morgan fingerprint density at radius 2 is 1.24 bits per heavy atom. The summed E-state index contributed by atoms with van der Waals surface area (Å²) in [6, 6.07) is 0. The van der Waals surface area contributed by atoms with E-state index in [9.17, 15) is 0 Å². The zero-order valence-electron chi connectivity index (χ0n) is 9.47. The van der Waals surface area contributed by atoms with Gasteiger partial charge in [0.1, 0.15) is 0 Å². The maximum absolute atomic E-state index is 6.45. The highest BCUT2D eigenvalue weighted by Gasteiger charge is 2.42. The van der Waals surface area contributed by atoms with Gasteiger partial charge in [-0.2, -0.15) is 0 Å². The van der Waals surface area contributed by atoms with E-state index in [-0.39, 0.29) is 26.9 Å². The molecule has 0 amide bonds. The third-order valence-corrected chi connectivity index (χ3v) is 7.23. The zero-order valence-corrected chi connectivity index (χ0v) is 13.2. The van der Waals surface area contributed by atoms with Crippen molar-refractivity contribution in [3.05, 3.63) is 0 Å². The first-order chi connectivity index (χ1) is 8.00. The van der Waals surface area contributed by atoms with Crippen molar-refractivity contribution in [3.63, 3.8) is 0 Å². The summed E-state index contributed by atoms with van der Waals surface area (Å²) in [5, 5.41) is 0.0273. The fraction of sp³-hybridized carbons (Fsp3) is 1.00. The Labute approximate surface area is 128 Å². The molecule has 7 unspecified atom stereocenters. The molecule has 2 fully saturated rings. The molecule has 7 atom stereocenters. The van der Waals surface area contributed by atoms with E-state index < -0.39 is 0 Å². The standard InChI is InChI=1S/C12H17Cl5/c13-8-3-1-6(5-10(8)15)7-2-4-9(14)12(17)11(7)16/h6-12H,1-5H2. The Morgan fingerprint density at radius 1 is 0.588 bits per heavy atom. The number of halogens is 5. The predicted molar refractivity (Wildman–Crippen MR) is 78.3 cm³/mol. The van der Waals surface area contributed by atoms with Crippen LogP contribution in [-0.2, 0) is 0 Å². The lowest BCUT2D eigenvalue weighted by Crippen LogP contribution is -2.43. The zero-order chi connectivity index (χ0) is 12.6. The lowest BCUT2D eigenvalue weighted by Gasteiger charge is -2.42. The van der Waals surface area contributed by atoms with Crippen molar-refractivity contribution in [2.45, 2.75) is 59.0 Å². The Hall–Kier alpha value is 1.45. The van der Waals surface area contributed by atoms with E-state index in [2.05, 4.69) is 0 Å². The summed E-state index contributed by atoms with van der Waals surface area (Å²) in [6.45, 7) is 0. The Balaban J connectivity index is 1.98. The molecule has 0 aromatic rings. The maximum atomic E-state index is 6.45. The normalized spacial score (nSPS) is 52.4. The molecule has 2 saturated carbocycles. The van der Waals surface area contributed by atoms with Gasteiger partial charge in [0.2, 0.25) is 0 Å². The van der Waals surface area contributed by atoms with E-state index in [1.54, 1.807) is 0 Å². The Morgan fingerprint density at radius 3 is 1.88 bits per heavy atom. The summed E-state index contributed by atoms with van der Waals surface area (Å²) in [5.74, 6) is 1.000. The largest absolute Gasteiger partial charge is 0.121 e. The molecule has 0 radical (unpaired) electrons. The van der Waals surface area contributed by atoms with E-state index >= 15 is 0 Å². The minimum atomic E-state index is -0.125. The molecular formula is C12H17Cl5. The van der Waals surface area contributed by atoms with Gasteiger partial charge in [-0.05, 0) is 43.9 Å². The SMILES string of the molecule is ClC1CCC(C2CCC(Cl)C(Cl)C2Cl)CC1Cl. The summed E-state index contributed by atoms with van der Waals surface area (Å²) < 4.78 is 0. The van der Waals surface area contributed by atoms with Crippen molar-refractivity contribution in [1.82, 2.24) is 0 Å². The quantitative estimate of drug-likeness (QED) is 0.574. The minimum Gasteiger partial charge on any atom is -0.121 e. The summed E-state index contributed by atoms with van der Waals surface area (Å²) in [5.41, 5.74) is 0. The Bertz CT molecular complexity index is 259. The van der Waals surface area contributed by atoms with Crippen molar-refractivity contribution in [2.75, 3.05) is 0 Å². The van der Waals surface area contributed by atoms with E-state index in [1.165, 1.54) is 0 Å². The van der Waals surface area contributed by atoms with Gasteiger partial charge >= 0.3 is 0 Å². The van der Waals surface area contributed by atoms with Crippen LogP contribution < -0.4 is 0 Å². The monoisotopic (exact) mass is 336 g/mol. The maximum Gasteiger partial charge on any atom is 0.0665 e. The molecule has 0 bridgehead atoms. The van der Waals surface area contributed by atoms with Crippen LogP contribution in [0.2, 0.25) is 0 Å². The smallest absolute Gasteiger partial charge is 0.0665 e. The predicted octanol–water partition coefficient (Wildman–Crippen LogP) is 5.23. The third-order valence-electron chi connectivity index (χ3n) is 4.17. The molecule has 17 heavy (non-hydrogen) atoms. The average Bonchev–Trinajstić information content (AvgIpc) is 2.30. The van der Waals surface area contributed by atoms with Crippen LogP contribution in [0.1, 0.15) is 32.1 Å². The minimum absolute atomic E-state index is 0.00609. The highest BCUT2D eigenvalue weighted by Crippen LogP contribution is 2.45. The summed E-state index contributed by atoms with van der Waals surface area (Å²) in [6.07, 6.45) is 5.07. The van der Waals surface area contributed by atoms with Gasteiger partial charge in [0.25, 0.3) is 0 Å². The average molecular weight is 339 g/mol. The first-order valence-corrected chi connectivity index (χ1v) is 8.39. The fourth-order valence-electron chi connectivity index (χ4n) is 3.10. The van der Waals surface area contributed by atoms with Crippen molar-refractivity contribution >= 4 is 58.0 Å². The molecule has 0 N–H and O–H groups in total. The van der Waals surface area contributed by atoms with Crippen LogP contribution in [0, 0.1) is 11.8 Å². The van der Waals surface area contributed by atoms with Gasteiger partial charge in [0.15, 0.2) is 0 Å². The van der Waals surface area contributed by atoms with Crippen molar-refractivity contribution in [1.29, 1.82) is 0 Å². The molecule has 0 spiro atoms. The molecule has 2 aliphatic carbocycles. The fourth-order valence-corrected chi connectivity index (χ4v) is 4.86. The van der Waals surface area contributed by atoms with Crippen LogP contribution in [0.4, 0.5) is 0 Å². The first kappa shape index (κ1) is 14.9. The van der Waals surface area contributed by atoms with Crippen LogP contribution in [0.5, 0.6) is 0 Å². The summed E-state index contributed by atoms with van der Waals surface area (Å²) in [7, 11) is 0. The molecule has 100 valence electrons. The molecule has 0 heterocycles. The van der Waals surface area contributed by atoms with E-state index in [0.29, 0.717) is 11.8 Å². The number of hydrogen-bond donors (Lipinski definition) is 0. The Kier molecular flexibility index (Phi) is 5.47. The topological polar surface area (TPSA) is 0 Å². The second kappa shape index (κ2) is 6.27. The highest BCUT2D eigenvalue weighted by atomic mass is 35.5. The van der Waals surface area contributed by atoms with Gasteiger partial charge in [-0.15, -0.1) is 58.0 Å². The second-order valence-corrected chi connectivity index (χ2v) is 7.94. The molecule has 0 aromatic heterocycles. The summed E-state index contributed by atoms with van der Waals surface area (Å²) >= 11 is 31.3. The van der Waals surface area contributed by atoms with Crippen molar-refractivity contribution < 1.29 is 0 Å². The molecule has 0 aromatic carbocycles. The molecule has 0 aliphatic heterocycles. The lowest BCUT2D eigenvalue weighted by atomic mass is 9.72. The highest BCUT2D eigenvalue weighted by molar-refractivity contribution is 6.35. The molecule has 2 aliphatic rings. The van der Waals surface area contributed by atoms with Crippen LogP contribution in [0.25, 0.3) is 0 Å². The van der Waals surface area contributed by atoms with Crippen LogP contribution in [0.15, 0.2) is 0 Å². The number of hydrogen-bond acceptors (Lipinski definition) is 0. The van der Waals surface area contributed by atoms with Gasteiger partial charge in [-0.25, -0.2) is 0 Å². The molecular weight excluding hydrogens is 321 g/mol. The van der Waals surface area contributed by atoms with E-state index in [4.69, 9.17) is 58.0 Å². The molecule has 0 saturated heterocycles. The lowest BCUT2D eigenvalue weighted by molar-refractivity contribution is 0.207. The van der Waals surface area contributed by atoms with Gasteiger partial charge in [0, 0.05) is 5.38 Å². The van der Waals surface area contributed by atoms with E-state index in [1.807, 2.05) is 0 Å². The molecule has 2 rings (SSSR count). The number of rotatable bonds is 1. The van der Waals surface area contributed by atoms with Crippen LogP contribution in [0.3, 0.4) is 0 Å². The summed E-state index contributed by atoms with van der Waals surface area (Å²) in [4.78, 5) is 0. The number of alkyl halides is 5. The van der Waals surface area contributed by atoms with Crippen molar-refractivity contribution in [3.8, 4) is 0 Å². The van der Waals surface area contributed by atoms with Crippen LogP contribution in [-0.4, -0.2) is 26.9 Å². The van der Waals surface area contributed by atoms with Gasteiger partial charge in [-0.3, -0.25) is 0 Å². The first-order valence-electron chi connectivity index (χ1n) is 6.21. The third kappa shape index (κ3) is 3.31. The van der Waals surface area contributed by atoms with Crippen LogP contribution >= 0.6 is 58.0 Å². The second-order valence-electron chi connectivity index (χ2n) is 5.25. The molecule has 5 heteroatoms. The molecule has 0 nitrogen and oxygen atoms in total. The van der Waals surface area contributed by atoms with E-state index in [0.717, 1.165) is 32.1 Å².